The van der Waals surface area contributed by atoms with Crippen molar-refractivity contribution in [1.29, 1.82) is 0 Å². The van der Waals surface area contributed by atoms with E-state index in [4.69, 9.17) is 18.6 Å². The zero-order valence-electron chi connectivity index (χ0n) is 14.7. The van der Waals surface area contributed by atoms with Gasteiger partial charge in [-0.25, -0.2) is 9.59 Å². The maximum atomic E-state index is 12.2. The Hall–Kier alpha value is -1.34. The van der Waals surface area contributed by atoms with E-state index in [0.29, 0.717) is 5.57 Å². The molecule has 1 heterocycles. The number of hydrogen-bond acceptors (Lipinski definition) is 6. The van der Waals surface area contributed by atoms with Crippen molar-refractivity contribution in [2.24, 2.45) is 0 Å². The smallest absolute Gasteiger partial charge is 0.466 e. The van der Waals surface area contributed by atoms with Gasteiger partial charge in [0.25, 0.3) is 0 Å². The molecule has 0 spiro atoms. The first kappa shape index (κ1) is 18.0. The van der Waals surface area contributed by atoms with Crippen LogP contribution in [0.5, 0.6) is 0 Å². The molecule has 1 aliphatic carbocycles. The van der Waals surface area contributed by atoms with Gasteiger partial charge in [-0.05, 0) is 23.7 Å². The van der Waals surface area contributed by atoms with E-state index in [1.54, 1.807) is 0 Å². The van der Waals surface area contributed by atoms with Crippen LogP contribution in [-0.4, -0.2) is 45.4 Å². The number of methoxy groups -OCH3 is 1. The summed E-state index contributed by atoms with van der Waals surface area (Å²) in [5, 5.41) is 0.00972. The van der Waals surface area contributed by atoms with Gasteiger partial charge in [0.1, 0.15) is 6.10 Å². The fraction of sp³-hybridized carbons (Fsp3) is 0.750. The van der Waals surface area contributed by atoms with Crippen LogP contribution in [0.2, 0.25) is 18.1 Å². The highest BCUT2D eigenvalue weighted by Gasteiger charge is 2.58. The average Bonchev–Trinajstić information content (AvgIpc) is 2.41. The Labute approximate surface area is 138 Å². The van der Waals surface area contributed by atoms with Gasteiger partial charge in [0, 0.05) is 12.8 Å². The van der Waals surface area contributed by atoms with Crippen molar-refractivity contribution < 1.29 is 28.2 Å². The lowest BCUT2D eigenvalue weighted by Gasteiger charge is -2.48. The third-order valence-electron chi connectivity index (χ3n) is 5.18. The lowest BCUT2D eigenvalue weighted by molar-refractivity contribution is -0.188. The van der Waals surface area contributed by atoms with Gasteiger partial charge in [-0.1, -0.05) is 27.4 Å². The summed E-state index contributed by atoms with van der Waals surface area (Å²) in [6.07, 6.45) is -1.41. The first-order chi connectivity index (χ1) is 10.4. The molecule has 0 aromatic rings. The summed E-state index contributed by atoms with van der Waals surface area (Å²) in [6, 6.07) is 0. The minimum Gasteiger partial charge on any atom is -0.466 e. The SMILES string of the molecule is C=C1[C@H]2C[C@@](C(=O)OC)(C[C@H]1O[Si](C)(C)C(C)(C)C)OC(=O)O2. The minimum absolute atomic E-state index is 0.00972. The molecule has 0 N–H and O–H groups in total. The van der Waals surface area contributed by atoms with Gasteiger partial charge in [0.15, 0.2) is 8.32 Å². The fourth-order valence-corrected chi connectivity index (χ4v) is 4.00. The molecule has 6 nitrogen and oxygen atoms in total. The van der Waals surface area contributed by atoms with E-state index >= 15 is 0 Å². The van der Waals surface area contributed by atoms with Gasteiger partial charge in [-0.3, -0.25) is 0 Å². The molecule has 1 saturated heterocycles. The molecular weight excluding hydrogens is 316 g/mol. The van der Waals surface area contributed by atoms with Crippen LogP contribution in [0.4, 0.5) is 4.79 Å². The number of esters is 1. The Morgan fingerprint density at radius 1 is 1.35 bits per heavy atom. The average molecular weight is 342 g/mol. The molecule has 2 bridgehead atoms. The molecular formula is C16H26O6Si. The van der Waals surface area contributed by atoms with Gasteiger partial charge in [0.2, 0.25) is 5.60 Å². The lowest BCUT2D eigenvalue weighted by atomic mass is 9.78. The van der Waals surface area contributed by atoms with Gasteiger partial charge in [-0.15, -0.1) is 0 Å². The Morgan fingerprint density at radius 2 is 1.96 bits per heavy atom. The van der Waals surface area contributed by atoms with Crippen molar-refractivity contribution >= 4 is 20.4 Å². The molecule has 2 aliphatic rings. The molecule has 23 heavy (non-hydrogen) atoms. The number of hydrogen-bond donors (Lipinski definition) is 0. The summed E-state index contributed by atoms with van der Waals surface area (Å²) in [5.74, 6) is -0.574. The van der Waals surface area contributed by atoms with Crippen LogP contribution in [-0.2, 0) is 23.4 Å². The standard InChI is InChI=1S/C16H26O6Si/c1-10-11-8-16(13(17)19-5,21-14(18)20-11)9-12(10)22-23(6,7)15(2,3)4/h11-12H,1,8-9H2,2-7H3/t11-,12-,16+/m1/s1. The maximum Gasteiger partial charge on any atom is 0.510 e. The van der Waals surface area contributed by atoms with Crippen LogP contribution in [0.1, 0.15) is 33.6 Å². The van der Waals surface area contributed by atoms with Crippen LogP contribution in [0.25, 0.3) is 0 Å². The lowest BCUT2D eigenvalue weighted by Crippen LogP contribution is -2.60. The first-order valence-corrected chi connectivity index (χ1v) is 10.7. The maximum absolute atomic E-state index is 12.2. The zero-order chi connectivity index (χ0) is 17.6. The van der Waals surface area contributed by atoms with E-state index in [2.05, 4.69) is 40.4 Å². The molecule has 0 unspecified atom stereocenters. The number of fused-ring (bicyclic) bond motifs is 2. The van der Waals surface area contributed by atoms with Crippen LogP contribution < -0.4 is 0 Å². The van der Waals surface area contributed by atoms with Crippen molar-refractivity contribution in [1.82, 2.24) is 0 Å². The number of rotatable bonds is 3. The highest BCUT2D eigenvalue weighted by atomic mass is 28.4. The summed E-state index contributed by atoms with van der Waals surface area (Å²) in [6.45, 7) is 14.7. The summed E-state index contributed by atoms with van der Waals surface area (Å²) in [7, 11) is -0.806. The highest BCUT2D eigenvalue weighted by molar-refractivity contribution is 6.74. The van der Waals surface area contributed by atoms with Crippen molar-refractivity contribution in [3.8, 4) is 0 Å². The topological polar surface area (TPSA) is 71.1 Å². The Balaban J connectivity index is 2.31. The fourth-order valence-electron chi connectivity index (χ4n) is 2.70. The molecule has 0 aromatic heterocycles. The predicted molar refractivity (Wildman–Crippen MR) is 86.5 cm³/mol. The van der Waals surface area contributed by atoms with Crippen LogP contribution in [0.3, 0.4) is 0 Å². The molecule has 2 fully saturated rings. The third kappa shape index (κ3) is 3.17. The van der Waals surface area contributed by atoms with E-state index in [9.17, 15) is 9.59 Å². The third-order valence-corrected chi connectivity index (χ3v) is 9.66. The van der Waals surface area contributed by atoms with Crippen LogP contribution >= 0.6 is 0 Å². The van der Waals surface area contributed by atoms with Crippen LogP contribution in [0, 0.1) is 0 Å². The Morgan fingerprint density at radius 3 is 2.48 bits per heavy atom. The molecule has 0 aromatic carbocycles. The summed E-state index contributed by atoms with van der Waals surface area (Å²) < 4.78 is 21.7. The second-order valence-corrected chi connectivity index (χ2v) is 12.6. The molecule has 3 atom stereocenters. The Bertz CT molecular complexity index is 535. The van der Waals surface area contributed by atoms with E-state index in [0.717, 1.165) is 0 Å². The number of ether oxygens (including phenoxy) is 3. The Kier molecular flexibility index (Phi) is 4.41. The van der Waals surface area contributed by atoms with Gasteiger partial charge < -0.3 is 18.6 Å². The van der Waals surface area contributed by atoms with Gasteiger partial charge >= 0.3 is 12.1 Å². The molecule has 1 saturated carbocycles. The molecule has 7 heteroatoms. The van der Waals surface area contributed by atoms with E-state index in [-0.39, 0.29) is 17.9 Å². The first-order valence-electron chi connectivity index (χ1n) is 7.76. The molecule has 0 amide bonds. The minimum atomic E-state index is -2.09. The zero-order valence-corrected chi connectivity index (χ0v) is 15.7. The van der Waals surface area contributed by atoms with Crippen molar-refractivity contribution in [3.63, 3.8) is 0 Å². The number of carbonyl (C=O) groups excluding carboxylic acids is 2. The summed E-state index contributed by atoms with van der Waals surface area (Å²) >= 11 is 0. The van der Waals surface area contributed by atoms with Crippen molar-refractivity contribution in [2.45, 2.75) is 69.6 Å². The number of carbonyl (C=O) groups is 2. The molecule has 130 valence electrons. The van der Waals surface area contributed by atoms with E-state index in [1.165, 1.54) is 7.11 Å². The van der Waals surface area contributed by atoms with Gasteiger partial charge in [0.05, 0.1) is 13.2 Å². The van der Waals surface area contributed by atoms with Gasteiger partial charge in [-0.2, -0.15) is 0 Å². The highest BCUT2D eigenvalue weighted by Crippen LogP contribution is 2.45. The second-order valence-electron chi connectivity index (χ2n) is 7.79. The van der Waals surface area contributed by atoms with E-state index < -0.39 is 38.3 Å². The molecule has 0 radical (unpaired) electrons. The van der Waals surface area contributed by atoms with Crippen molar-refractivity contribution in [3.05, 3.63) is 12.2 Å². The summed E-state index contributed by atoms with van der Waals surface area (Å²) in [5.41, 5.74) is -0.658. The summed E-state index contributed by atoms with van der Waals surface area (Å²) in [4.78, 5) is 23.9. The quantitative estimate of drug-likeness (QED) is 0.446. The largest absolute Gasteiger partial charge is 0.510 e. The monoisotopic (exact) mass is 342 g/mol. The molecule has 2 rings (SSSR count). The van der Waals surface area contributed by atoms with Crippen LogP contribution in [0.15, 0.2) is 12.2 Å². The normalized spacial score (nSPS) is 31.2. The van der Waals surface area contributed by atoms with E-state index in [1.807, 2.05) is 0 Å². The van der Waals surface area contributed by atoms with Crippen molar-refractivity contribution in [2.75, 3.05) is 7.11 Å². The molecule has 1 aliphatic heterocycles. The second kappa shape index (κ2) is 5.63. The predicted octanol–water partition coefficient (Wildman–Crippen LogP) is 3.17.